The monoisotopic (exact) mass is 387 g/mol. The van der Waals surface area contributed by atoms with E-state index in [4.69, 9.17) is 8.94 Å². The molecule has 9 heteroatoms. The first-order chi connectivity index (χ1) is 12.7. The molecule has 0 aliphatic rings. The molecule has 4 heterocycles. The largest absolute Gasteiger partial charge is 0.461 e. The fraction of sp³-hybridized carbons (Fsp3) is 0.294. The zero-order valence-electron chi connectivity index (χ0n) is 14.3. The van der Waals surface area contributed by atoms with Crippen LogP contribution in [0.1, 0.15) is 19.7 Å². The van der Waals surface area contributed by atoms with E-state index in [2.05, 4.69) is 38.8 Å². The SMILES string of the molecule is CC(C)Cn1c(SCc2nc(-c3ccsc3)no2)nnc1-c1ccco1. The van der Waals surface area contributed by atoms with Crippen LogP contribution in [0.4, 0.5) is 0 Å². The van der Waals surface area contributed by atoms with Crippen LogP contribution in [0.25, 0.3) is 23.0 Å². The molecule has 0 aromatic carbocycles. The third-order valence-electron chi connectivity index (χ3n) is 3.58. The maximum Gasteiger partial charge on any atom is 0.237 e. The number of aromatic nitrogens is 5. The second-order valence-electron chi connectivity index (χ2n) is 6.10. The van der Waals surface area contributed by atoms with Gasteiger partial charge < -0.3 is 8.94 Å². The highest BCUT2D eigenvalue weighted by Gasteiger charge is 2.18. The average molecular weight is 387 g/mol. The van der Waals surface area contributed by atoms with Crippen molar-refractivity contribution in [2.24, 2.45) is 5.92 Å². The van der Waals surface area contributed by atoms with Crippen molar-refractivity contribution in [1.29, 1.82) is 0 Å². The Hall–Kier alpha value is -2.39. The fourth-order valence-electron chi connectivity index (χ4n) is 2.46. The van der Waals surface area contributed by atoms with E-state index in [9.17, 15) is 0 Å². The predicted octanol–water partition coefficient (Wildman–Crippen LogP) is 4.60. The van der Waals surface area contributed by atoms with Crippen molar-refractivity contribution in [2.45, 2.75) is 31.3 Å². The summed E-state index contributed by atoms with van der Waals surface area (Å²) in [4.78, 5) is 4.45. The van der Waals surface area contributed by atoms with Crippen LogP contribution >= 0.6 is 23.1 Å². The summed E-state index contributed by atoms with van der Waals surface area (Å²) in [6.45, 7) is 5.12. The quantitative estimate of drug-likeness (QED) is 0.429. The molecule has 0 fully saturated rings. The summed E-state index contributed by atoms with van der Waals surface area (Å²) >= 11 is 3.13. The molecule has 4 rings (SSSR count). The minimum atomic E-state index is 0.452. The summed E-state index contributed by atoms with van der Waals surface area (Å²) in [5, 5.41) is 17.5. The van der Waals surface area contributed by atoms with Crippen molar-refractivity contribution in [2.75, 3.05) is 0 Å². The molecule has 7 nitrogen and oxygen atoms in total. The van der Waals surface area contributed by atoms with Gasteiger partial charge in [-0.2, -0.15) is 16.3 Å². The molecule has 0 unspecified atom stereocenters. The maximum atomic E-state index is 5.49. The van der Waals surface area contributed by atoms with E-state index in [1.807, 2.05) is 29.0 Å². The Bertz CT molecular complexity index is 958. The molecular formula is C17H17N5O2S2. The molecule has 4 aromatic rings. The lowest BCUT2D eigenvalue weighted by Gasteiger charge is -2.10. The van der Waals surface area contributed by atoms with Crippen LogP contribution in [0.3, 0.4) is 0 Å². The molecule has 134 valence electrons. The summed E-state index contributed by atoms with van der Waals surface area (Å²) in [5.41, 5.74) is 0.970. The van der Waals surface area contributed by atoms with Crippen molar-refractivity contribution in [3.8, 4) is 23.0 Å². The fourth-order valence-corrected chi connectivity index (χ4v) is 3.88. The lowest BCUT2D eigenvalue weighted by atomic mass is 10.2. The van der Waals surface area contributed by atoms with E-state index in [1.54, 1.807) is 17.6 Å². The second kappa shape index (κ2) is 7.46. The van der Waals surface area contributed by atoms with Crippen LogP contribution in [0, 0.1) is 5.92 Å². The van der Waals surface area contributed by atoms with Gasteiger partial charge in [-0.05, 0) is 29.5 Å². The first-order valence-electron chi connectivity index (χ1n) is 8.15. The molecule has 0 N–H and O–H groups in total. The van der Waals surface area contributed by atoms with Crippen LogP contribution in [-0.4, -0.2) is 24.9 Å². The highest BCUT2D eigenvalue weighted by molar-refractivity contribution is 7.98. The average Bonchev–Trinajstić information content (AvgIpc) is 3.38. The van der Waals surface area contributed by atoms with Crippen LogP contribution in [0.2, 0.25) is 0 Å². The molecule has 4 aromatic heterocycles. The van der Waals surface area contributed by atoms with Crippen LogP contribution in [0.5, 0.6) is 0 Å². The smallest absolute Gasteiger partial charge is 0.237 e. The molecule has 0 radical (unpaired) electrons. The van der Waals surface area contributed by atoms with Gasteiger partial charge >= 0.3 is 0 Å². The second-order valence-corrected chi connectivity index (χ2v) is 7.82. The lowest BCUT2D eigenvalue weighted by molar-refractivity contribution is 0.391. The summed E-state index contributed by atoms with van der Waals surface area (Å²) < 4.78 is 12.9. The van der Waals surface area contributed by atoms with Crippen LogP contribution < -0.4 is 0 Å². The number of thioether (sulfide) groups is 1. The minimum Gasteiger partial charge on any atom is -0.461 e. The molecule has 0 aliphatic carbocycles. The van der Waals surface area contributed by atoms with Crippen LogP contribution in [0.15, 0.2) is 49.3 Å². The Kier molecular flexibility index (Phi) is 4.89. The van der Waals surface area contributed by atoms with E-state index < -0.39 is 0 Å². The zero-order chi connectivity index (χ0) is 17.9. The first kappa shape index (κ1) is 17.0. The van der Waals surface area contributed by atoms with Crippen molar-refractivity contribution in [1.82, 2.24) is 24.9 Å². The molecule has 0 saturated carbocycles. The van der Waals surface area contributed by atoms with Gasteiger partial charge in [-0.25, -0.2) is 0 Å². The molecule has 0 bridgehead atoms. The van der Waals surface area contributed by atoms with Gasteiger partial charge in [0.15, 0.2) is 16.7 Å². The number of furan rings is 1. The zero-order valence-corrected chi connectivity index (χ0v) is 16.0. The van der Waals surface area contributed by atoms with Gasteiger partial charge in [0.25, 0.3) is 0 Å². The van der Waals surface area contributed by atoms with E-state index >= 15 is 0 Å². The Morgan fingerprint density at radius 2 is 2.19 bits per heavy atom. The molecule has 0 saturated heterocycles. The molecule has 0 spiro atoms. The van der Waals surface area contributed by atoms with Crippen molar-refractivity contribution >= 4 is 23.1 Å². The standard InChI is InChI=1S/C17H17N5O2S2/c1-11(2)8-22-16(13-4-3-6-23-13)19-20-17(22)26-10-14-18-15(21-24-14)12-5-7-25-9-12/h3-7,9,11H,8,10H2,1-2H3. The van der Waals surface area contributed by atoms with E-state index in [0.29, 0.717) is 29.1 Å². The van der Waals surface area contributed by atoms with Gasteiger partial charge in [0.05, 0.1) is 12.0 Å². The van der Waals surface area contributed by atoms with Crippen LogP contribution in [-0.2, 0) is 12.3 Å². The van der Waals surface area contributed by atoms with Gasteiger partial charge in [0.1, 0.15) is 0 Å². The highest BCUT2D eigenvalue weighted by atomic mass is 32.2. The molecule has 0 aliphatic heterocycles. The number of hydrogen-bond donors (Lipinski definition) is 0. The van der Waals surface area contributed by atoms with E-state index in [-0.39, 0.29) is 0 Å². The Labute approximate surface area is 158 Å². The van der Waals surface area contributed by atoms with Gasteiger partial charge in [-0.3, -0.25) is 4.57 Å². The summed E-state index contributed by atoms with van der Waals surface area (Å²) in [6.07, 6.45) is 1.64. The number of thiophene rings is 1. The summed E-state index contributed by atoms with van der Waals surface area (Å²) in [6, 6.07) is 5.71. The summed E-state index contributed by atoms with van der Waals surface area (Å²) in [5.74, 6) is 3.61. The van der Waals surface area contributed by atoms with Crippen molar-refractivity contribution in [3.05, 3.63) is 41.1 Å². The molecule has 0 atom stereocenters. The Morgan fingerprint density at radius 3 is 2.92 bits per heavy atom. The lowest BCUT2D eigenvalue weighted by Crippen LogP contribution is -2.07. The van der Waals surface area contributed by atoms with E-state index in [1.165, 1.54) is 11.8 Å². The topological polar surface area (TPSA) is 82.8 Å². The normalized spacial score (nSPS) is 11.5. The third-order valence-corrected chi connectivity index (χ3v) is 5.21. The van der Waals surface area contributed by atoms with Gasteiger partial charge in [-0.15, -0.1) is 10.2 Å². The molecule has 26 heavy (non-hydrogen) atoms. The third kappa shape index (κ3) is 3.58. The summed E-state index contributed by atoms with van der Waals surface area (Å²) in [7, 11) is 0. The van der Waals surface area contributed by atoms with Gasteiger partial charge in [0.2, 0.25) is 11.7 Å². The highest BCUT2D eigenvalue weighted by Crippen LogP contribution is 2.28. The molecular weight excluding hydrogens is 370 g/mol. The Balaban J connectivity index is 1.53. The molecule has 0 amide bonds. The van der Waals surface area contributed by atoms with Crippen molar-refractivity contribution in [3.63, 3.8) is 0 Å². The van der Waals surface area contributed by atoms with Gasteiger partial charge in [0, 0.05) is 17.5 Å². The number of rotatable bonds is 7. The maximum absolute atomic E-state index is 5.49. The predicted molar refractivity (Wildman–Crippen MR) is 99.7 cm³/mol. The van der Waals surface area contributed by atoms with Gasteiger partial charge in [-0.1, -0.05) is 30.8 Å². The number of hydrogen-bond acceptors (Lipinski definition) is 8. The van der Waals surface area contributed by atoms with Crippen molar-refractivity contribution < 1.29 is 8.94 Å². The first-order valence-corrected chi connectivity index (χ1v) is 10.1. The van der Waals surface area contributed by atoms with E-state index in [0.717, 1.165) is 23.1 Å². The number of nitrogens with zero attached hydrogens (tertiary/aromatic N) is 5. The minimum absolute atomic E-state index is 0.452. The Morgan fingerprint density at radius 1 is 1.27 bits per heavy atom.